The molecule has 0 radical (unpaired) electrons. The molecule has 0 bridgehead atoms. The van der Waals surface area contributed by atoms with Gasteiger partial charge in [0.25, 0.3) is 0 Å². The number of fused-ring (bicyclic) bond motifs is 3. The van der Waals surface area contributed by atoms with Gasteiger partial charge in [-0.15, -0.1) is 0 Å². The van der Waals surface area contributed by atoms with E-state index in [-0.39, 0.29) is 5.97 Å². The predicted molar refractivity (Wildman–Crippen MR) is 119 cm³/mol. The van der Waals surface area contributed by atoms with E-state index >= 15 is 0 Å². The molecule has 0 aliphatic carbocycles. The minimum absolute atomic E-state index is 0.108. The Morgan fingerprint density at radius 1 is 1.13 bits per heavy atom. The van der Waals surface area contributed by atoms with Crippen LogP contribution in [-0.4, -0.2) is 44.8 Å². The van der Waals surface area contributed by atoms with Gasteiger partial charge in [-0.1, -0.05) is 13.8 Å². The summed E-state index contributed by atoms with van der Waals surface area (Å²) in [6.07, 6.45) is 3.21. The Hall–Kier alpha value is -1.75. The van der Waals surface area contributed by atoms with Crippen molar-refractivity contribution < 1.29 is 19.0 Å². The molecule has 30 heavy (non-hydrogen) atoms. The van der Waals surface area contributed by atoms with Crippen LogP contribution in [0.3, 0.4) is 0 Å². The average molecular weight is 418 g/mol. The summed E-state index contributed by atoms with van der Waals surface area (Å²) in [6.45, 7) is 13.0. The summed E-state index contributed by atoms with van der Waals surface area (Å²) in [5.41, 5.74) is 2.23. The number of piperidine rings is 1. The van der Waals surface area contributed by atoms with Gasteiger partial charge in [0.2, 0.25) is 0 Å². The first-order chi connectivity index (χ1) is 14.1. The molecule has 2 aliphatic heterocycles. The van der Waals surface area contributed by atoms with Crippen LogP contribution < -0.4 is 9.47 Å². The van der Waals surface area contributed by atoms with Crippen molar-refractivity contribution in [2.45, 2.75) is 59.9 Å². The van der Waals surface area contributed by atoms with Crippen molar-refractivity contribution in [3.63, 3.8) is 0 Å². The van der Waals surface area contributed by atoms with E-state index in [4.69, 9.17) is 14.2 Å². The molecule has 1 aromatic rings. The molecule has 1 aromatic carbocycles. The SMILES string of the molecule is COc1cc2c(cc1OC)C1CC(COC(=O)C(C)(C)C)C(CC(C)C)CN1CC2. The first kappa shape index (κ1) is 22.9. The molecule has 1 fully saturated rings. The van der Waals surface area contributed by atoms with Crippen LogP contribution in [0.2, 0.25) is 0 Å². The van der Waals surface area contributed by atoms with E-state index in [0.717, 1.165) is 37.4 Å². The maximum Gasteiger partial charge on any atom is 0.311 e. The zero-order valence-corrected chi connectivity index (χ0v) is 19.8. The van der Waals surface area contributed by atoms with E-state index < -0.39 is 5.41 Å². The Morgan fingerprint density at radius 2 is 1.80 bits per heavy atom. The van der Waals surface area contributed by atoms with Gasteiger partial charge in [-0.3, -0.25) is 9.69 Å². The highest BCUT2D eigenvalue weighted by molar-refractivity contribution is 5.75. The van der Waals surface area contributed by atoms with Gasteiger partial charge in [-0.2, -0.15) is 0 Å². The summed E-state index contributed by atoms with van der Waals surface area (Å²) in [5.74, 6) is 3.04. The van der Waals surface area contributed by atoms with Crippen molar-refractivity contribution in [2.24, 2.45) is 23.2 Å². The highest BCUT2D eigenvalue weighted by atomic mass is 16.5. The molecule has 1 saturated heterocycles. The lowest BCUT2D eigenvalue weighted by Gasteiger charge is -2.47. The van der Waals surface area contributed by atoms with E-state index in [0.29, 0.717) is 30.4 Å². The molecule has 0 aromatic heterocycles. The van der Waals surface area contributed by atoms with E-state index in [9.17, 15) is 4.79 Å². The number of carbonyl (C=O) groups excluding carboxylic acids is 1. The highest BCUT2D eigenvalue weighted by Gasteiger charge is 2.40. The molecule has 5 nitrogen and oxygen atoms in total. The molecule has 3 atom stereocenters. The Kier molecular flexibility index (Phi) is 7.01. The minimum atomic E-state index is -0.463. The molecule has 168 valence electrons. The number of hydrogen-bond donors (Lipinski definition) is 0. The normalized spacial score (nSPS) is 24.2. The van der Waals surface area contributed by atoms with Crippen molar-refractivity contribution in [3.05, 3.63) is 23.3 Å². The van der Waals surface area contributed by atoms with E-state index in [2.05, 4.69) is 30.9 Å². The third kappa shape index (κ3) is 4.93. The molecule has 0 N–H and O–H groups in total. The van der Waals surface area contributed by atoms with Crippen LogP contribution in [0.4, 0.5) is 0 Å². The number of carbonyl (C=O) groups is 1. The third-order valence-electron chi connectivity index (χ3n) is 6.59. The zero-order chi connectivity index (χ0) is 22.1. The van der Waals surface area contributed by atoms with Crippen molar-refractivity contribution in [3.8, 4) is 11.5 Å². The summed E-state index contributed by atoms with van der Waals surface area (Å²) >= 11 is 0. The second-order valence-electron chi connectivity index (χ2n) is 10.4. The van der Waals surface area contributed by atoms with Gasteiger partial charge in [0.05, 0.1) is 26.2 Å². The number of methoxy groups -OCH3 is 2. The Labute approximate surface area is 182 Å². The quantitative estimate of drug-likeness (QED) is 0.618. The van der Waals surface area contributed by atoms with Crippen LogP contribution in [0.15, 0.2) is 12.1 Å². The fourth-order valence-electron chi connectivity index (χ4n) is 4.98. The van der Waals surface area contributed by atoms with Crippen molar-refractivity contribution in [1.29, 1.82) is 0 Å². The lowest BCUT2D eigenvalue weighted by molar-refractivity contribution is -0.156. The van der Waals surface area contributed by atoms with Gasteiger partial charge in [-0.05, 0) is 81.0 Å². The van der Waals surface area contributed by atoms with Crippen molar-refractivity contribution >= 4 is 5.97 Å². The fraction of sp³-hybridized carbons (Fsp3) is 0.720. The van der Waals surface area contributed by atoms with Crippen LogP contribution in [0.1, 0.15) is 64.6 Å². The Morgan fingerprint density at radius 3 is 2.40 bits per heavy atom. The smallest absolute Gasteiger partial charge is 0.311 e. The molecule has 0 amide bonds. The van der Waals surface area contributed by atoms with Gasteiger partial charge >= 0.3 is 5.97 Å². The standard InChI is InChI=1S/C25H39NO4/c1-16(2)10-18-14-26-9-8-17-12-22(28-6)23(29-7)13-20(17)21(26)11-19(18)15-30-24(27)25(3,4)5/h12-13,16,18-19,21H,8-11,14-15H2,1-7H3. The summed E-state index contributed by atoms with van der Waals surface area (Å²) in [7, 11) is 3.38. The van der Waals surface area contributed by atoms with E-state index in [1.807, 2.05) is 20.8 Å². The van der Waals surface area contributed by atoms with Crippen LogP contribution in [0.5, 0.6) is 11.5 Å². The highest BCUT2D eigenvalue weighted by Crippen LogP contribution is 2.45. The second kappa shape index (κ2) is 9.17. The van der Waals surface area contributed by atoms with Crippen LogP contribution in [0, 0.1) is 23.2 Å². The number of rotatable bonds is 6. The molecule has 0 saturated carbocycles. The van der Waals surface area contributed by atoms with Gasteiger partial charge in [-0.25, -0.2) is 0 Å². The van der Waals surface area contributed by atoms with Crippen LogP contribution >= 0.6 is 0 Å². The number of esters is 1. The maximum absolute atomic E-state index is 12.4. The number of benzene rings is 1. The Balaban J connectivity index is 1.84. The molecule has 2 aliphatic rings. The topological polar surface area (TPSA) is 48.0 Å². The van der Waals surface area contributed by atoms with Gasteiger partial charge in [0.1, 0.15) is 0 Å². The predicted octanol–water partition coefficient (Wildman–Crippen LogP) is 4.87. The first-order valence-electron chi connectivity index (χ1n) is 11.3. The average Bonchev–Trinajstić information content (AvgIpc) is 2.69. The number of hydrogen-bond acceptors (Lipinski definition) is 5. The molecular weight excluding hydrogens is 378 g/mol. The summed E-state index contributed by atoms with van der Waals surface area (Å²) in [4.78, 5) is 15.0. The van der Waals surface area contributed by atoms with E-state index in [1.165, 1.54) is 17.5 Å². The van der Waals surface area contributed by atoms with Crippen molar-refractivity contribution in [2.75, 3.05) is 33.9 Å². The third-order valence-corrected chi connectivity index (χ3v) is 6.59. The molecule has 3 rings (SSSR count). The largest absolute Gasteiger partial charge is 0.493 e. The summed E-state index contributed by atoms with van der Waals surface area (Å²) in [5, 5.41) is 0. The Bertz CT molecular complexity index is 752. The second-order valence-corrected chi connectivity index (χ2v) is 10.4. The van der Waals surface area contributed by atoms with Gasteiger partial charge < -0.3 is 14.2 Å². The number of nitrogens with zero attached hydrogens (tertiary/aromatic N) is 1. The molecule has 3 unspecified atom stereocenters. The van der Waals surface area contributed by atoms with E-state index in [1.54, 1.807) is 14.2 Å². The lowest BCUT2D eigenvalue weighted by Crippen LogP contribution is -2.47. The van der Waals surface area contributed by atoms with Crippen LogP contribution in [-0.2, 0) is 16.0 Å². The minimum Gasteiger partial charge on any atom is -0.493 e. The maximum atomic E-state index is 12.4. The van der Waals surface area contributed by atoms with Gasteiger partial charge in [0.15, 0.2) is 11.5 Å². The fourth-order valence-corrected chi connectivity index (χ4v) is 4.98. The van der Waals surface area contributed by atoms with Gasteiger partial charge in [0, 0.05) is 19.1 Å². The van der Waals surface area contributed by atoms with Crippen LogP contribution in [0.25, 0.3) is 0 Å². The molecule has 2 heterocycles. The first-order valence-corrected chi connectivity index (χ1v) is 11.3. The zero-order valence-electron chi connectivity index (χ0n) is 19.8. The monoisotopic (exact) mass is 417 g/mol. The summed E-state index contributed by atoms with van der Waals surface area (Å²) in [6, 6.07) is 4.64. The molecular formula is C25H39NO4. The van der Waals surface area contributed by atoms with Crippen molar-refractivity contribution in [1.82, 2.24) is 4.90 Å². The molecule has 5 heteroatoms. The lowest BCUT2D eigenvalue weighted by atomic mass is 9.74. The summed E-state index contributed by atoms with van der Waals surface area (Å²) < 4.78 is 16.9. The number of ether oxygens (including phenoxy) is 3. The molecule has 0 spiro atoms.